The van der Waals surface area contributed by atoms with Crippen molar-refractivity contribution in [1.82, 2.24) is 0 Å². The molecule has 0 fully saturated rings. The van der Waals surface area contributed by atoms with E-state index < -0.39 is 11.6 Å². The molecule has 0 N–H and O–H groups in total. The van der Waals surface area contributed by atoms with Crippen LogP contribution in [0.5, 0.6) is 0 Å². The SMILES string of the molecule is CC(C)c1cc(C(CC(N=C=O)(c2ccccc2)c2ccccc2)N=C=O)c(N=C=O)cc1N=C=O. The van der Waals surface area contributed by atoms with Gasteiger partial charge in [0.1, 0.15) is 5.54 Å². The van der Waals surface area contributed by atoms with E-state index in [1.807, 2.05) is 74.5 Å². The van der Waals surface area contributed by atoms with Gasteiger partial charge in [0.2, 0.25) is 24.3 Å². The van der Waals surface area contributed by atoms with E-state index in [0.29, 0.717) is 22.3 Å². The number of aliphatic imine (C=N–C) groups is 4. The monoisotopic (exact) mass is 478 g/mol. The molecule has 3 aromatic carbocycles. The first-order valence-electron chi connectivity index (χ1n) is 11.1. The quantitative estimate of drug-likeness (QED) is 0.271. The Morgan fingerprint density at radius 3 is 1.67 bits per heavy atom. The highest BCUT2D eigenvalue weighted by Crippen LogP contribution is 2.46. The van der Waals surface area contributed by atoms with Crippen LogP contribution in [0, 0.1) is 0 Å². The Kier molecular flexibility index (Phi) is 8.63. The van der Waals surface area contributed by atoms with Crippen LogP contribution in [0.25, 0.3) is 0 Å². The van der Waals surface area contributed by atoms with Crippen LogP contribution >= 0.6 is 0 Å². The van der Waals surface area contributed by atoms with E-state index in [1.54, 1.807) is 18.2 Å². The van der Waals surface area contributed by atoms with Gasteiger partial charge < -0.3 is 0 Å². The Balaban J connectivity index is 2.34. The molecule has 0 aliphatic heterocycles. The lowest BCUT2D eigenvalue weighted by Crippen LogP contribution is -2.28. The van der Waals surface area contributed by atoms with Crippen LogP contribution in [0.4, 0.5) is 11.4 Å². The zero-order valence-electron chi connectivity index (χ0n) is 19.7. The summed E-state index contributed by atoms with van der Waals surface area (Å²) >= 11 is 0. The Morgan fingerprint density at radius 1 is 0.694 bits per heavy atom. The predicted octanol–water partition coefficient (Wildman–Crippen LogP) is 5.79. The summed E-state index contributed by atoms with van der Waals surface area (Å²) in [5.41, 5.74) is 1.55. The summed E-state index contributed by atoms with van der Waals surface area (Å²) in [5, 5.41) is 0. The molecule has 0 radical (unpaired) electrons. The molecule has 0 spiro atoms. The second kappa shape index (κ2) is 12.0. The minimum absolute atomic E-state index is 0.0146. The van der Waals surface area contributed by atoms with Gasteiger partial charge in [-0.3, -0.25) is 0 Å². The maximum atomic E-state index is 11.8. The molecule has 0 saturated heterocycles. The molecule has 3 rings (SSSR count). The van der Waals surface area contributed by atoms with Crippen LogP contribution in [-0.4, -0.2) is 24.3 Å². The van der Waals surface area contributed by atoms with Crippen LogP contribution in [-0.2, 0) is 24.7 Å². The van der Waals surface area contributed by atoms with E-state index in [-0.39, 0.29) is 23.7 Å². The normalized spacial score (nSPS) is 11.3. The third-order valence-electron chi connectivity index (χ3n) is 5.93. The lowest BCUT2D eigenvalue weighted by atomic mass is 9.77. The molecule has 3 aromatic rings. The molecule has 0 bridgehead atoms. The highest BCUT2D eigenvalue weighted by Gasteiger charge is 2.38. The topological polar surface area (TPSA) is 118 Å². The predicted molar refractivity (Wildman–Crippen MR) is 133 cm³/mol. The van der Waals surface area contributed by atoms with Crippen LogP contribution in [0.1, 0.15) is 54.5 Å². The molecule has 0 aliphatic rings. The van der Waals surface area contributed by atoms with Gasteiger partial charge in [-0.25, -0.2) is 19.2 Å². The van der Waals surface area contributed by atoms with Crippen molar-refractivity contribution in [2.24, 2.45) is 20.0 Å². The highest BCUT2D eigenvalue weighted by molar-refractivity contribution is 5.67. The Bertz CT molecular complexity index is 1370. The number of rotatable bonds is 10. The molecule has 1 unspecified atom stereocenters. The van der Waals surface area contributed by atoms with Crippen molar-refractivity contribution >= 4 is 35.7 Å². The minimum atomic E-state index is -1.27. The molecule has 8 heteroatoms. The van der Waals surface area contributed by atoms with Gasteiger partial charge in [0.05, 0.1) is 17.4 Å². The number of hydrogen-bond acceptors (Lipinski definition) is 8. The van der Waals surface area contributed by atoms with Gasteiger partial charge >= 0.3 is 0 Å². The Labute approximate surface area is 207 Å². The lowest BCUT2D eigenvalue weighted by Gasteiger charge is -2.32. The van der Waals surface area contributed by atoms with E-state index >= 15 is 0 Å². The third-order valence-corrected chi connectivity index (χ3v) is 5.93. The molecule has 0 aromatic heterocycles. The number of hydrogen-bond donors (Lipinski definition) is 0. The van der Waals surface area contributed by atoms with Crippen molar-refractivity contribution < 1.29 is 19.2 Å². The maximum Gasteiger partial charge on any atom is 0.240 e. The molecule has 0 aliphatic carbocycles. The maximum absolute atomic E-state index is 11.8. The number of benzene rings is 3. The summed E-state index contributed by atoms with van der Waals surface area (Å²) in [4.78, 5) is 61.4. The van der Waals surface area contributed by atoms with E-state index in [9.17, 15) is 19.2 Å². The van der Waals surface area contributed by atoms with Crippen molar-refractivity contribution in [2.75, 3.05) is 0 Å². The highest BCUT2D eigenvalue weighted by atomic mass is 16.1. The number of carbonyl (C=O) groups excluding carboxylic acids is 4. The summed E-state index contributed by atoms with van der Waals surface area (Å²) in [6.45, 7) is 3.80. The standard InChI is InChI=1S/C28H22N4O4/c1-20(2)23-13-24(26(30-17-34)14-25(23)29-16-33)27(31-18-35)15-28(32-19-36,21-9-5-3-6-10-21)22-11-7-4-8-12-22/h3-14,20,27H,15H2,1-2H3. The fraction of sp³-hybridized carbons (Fsp3) is 0.214. The fourth-order valence-electron chi connectivity index (χ4n) is 4.28. The zero-order chi connectivity index (χ0) is 26.0. The number of isocyanates is 4. The van der Waals surface area contributed by atoms with Gasteiger partial charge in [0.25, 0.3) is 0 Å². The van der Waals surface area contributed by atoms with Gasteiger partial charge in [-0.05, 0) is 34.7 Å². The molecule has 1 atom stereocenters. The summed E-state index contributed by atoms with van der Waals surface area (Å²) in [5.74, 6) is -0.0769. The second-order valence-corrected chi connectivity index (χ2v) is 8.27. The first-order valence-corrected chi connectivity index (χ1v) is 11.1. The van der Waals surface area contributed by atoms with Crippen LogP contribution < -0.4 is 0 Å². The van der Waals surface area contributed by atoms with Crippen molar-refractivity contribution in [2.45, 2.75) is 37.8 Å². The first-order chi connectivity index (χ1) is 17.5. The lowest BCUT2D eigenvalue weighted by molar-refractivity contribution is 0.436. The fourth-order valence-corrected chi connectivity index (χ4v) is 4.28. The van der Waals surface area contributed by atoms with Crippen molar-refractivity contribution in [3.8, 4) is 0 Å². The van der Waals surface area contributed by atoms with Crippen molar-refractivity contribution in [1.29, 1.82) is 0 Å². The average molecular weight is 479 g/mol. The average Bonchev–Trinajstić information content (AvgIpc) is 2.89. The number of nitrogens with zero attached hydrogens (tertiary/aromatic N) is 4. The van der Waals surface area contributed by atoms with Gasteiger partial charge in [0.15, 0.2) is 0 Å². The summed E-state index contributed by atoms with van der Waals surface area (Å²) in [6.07, 6.45) is 6.32. The molecule has 0 amide bonds. The molecule has 0 saturated carbocycles. The summed E-state index contributed by atoms with van der Waals surface area (Å²) < 4.78 is 0. The molecule has 0 heterocycles. The van der Waals surface area contributed by atoms with Gasteiger partial charge in [0, 0.05) is 12.0 Å². The minimum Gasteiger partial charge on any atom is -0.211 e. The van der Waals surface area contributed by atoms with E-state index in [0.717, 1.165) is 0 Å². The molecular formula is C28H22N4O4. The largest absolute Gasteiger partial charge is 0.240 e. The molecular weight excluding hydrogens is 456 g/mol. The van der Waals surface area contributed by atoms with E-state index in [4.69, 9.17) is 0 Å². The smallest absolute Gasteiger partial charge is 0.211 e. The summed E-state index contributed by atoms with van der Waals surface area (Å²) in [7, 11) is 0. The Morgan fingerprint density at radius 2 is 1.22 bits per heavy atom. The van der Waals surface area contributed by atoms with Crippen molar-refractivity contribution in [3.05, 3.63) is 95.1 Å². The third kappa shape index (κ3) is 5.45. The summed E-state index contributed by atoms with van der Waals surface area (Å²) in [6, 6.07) is 20.4. The van der Waals surface area contributed by atoms with Crippen molar-refractivity contribution in [3.63, 3.8) is 0 Å². The van der Waals surface area contributed by atoms with Gasteiger partial charge in [-0.1, -0.05) is 74.5 Å². The van der Waals surface area contributed by atoms with Gasteiger partial charge in [-0.2, -0.15) is 20.0 Å². The second-order valence-electron chi connectivity index (χ2n) is 8.27. The zero-order valence-corrected chi connectivity index (χ0v) is 19.7. The van der Waals surface area contributed by atoms with Crippen LogP contribution in [0.2, 0.25) is 0 Å². The van der Waals surface area contributed by atoms with Gasteiger partial charge in [-0.15, -0.1) is 0 Å². The van der Waals surface area contributed by atoms with E-state index in [1.165, 1.54) is 18.2 Å². The van der Waals surface area contributed by atoms with E-state index in [2.05, 4.69) is 20.0 Å². The van der Waals surface area contributed by atoms with Crippen LogP contribution in [0.15, 0.2) is 92.8 Å². The Hall–Kier alpha value is -4.82. The van der Waals surface area contributed by atoms with Crippen LogP contribution in [0.3, 0.4) is 0 Å². The first kappa shape index (κ1) is 25.8. The molecule has 8 nitrogen and oxygen atoms in total. The molecule has 178 valence electrons. The molecule has 36 heavy (non-hydrogen) atoms.